The average molecular weight is 623 g/mol. The Morgan fingerprint density at radius 2 is 1.67 bits per heavy atom. The highest BCUT2D eigenvalue weighted by molar-refractivity contribution is 5.85. The molecule has 1 aromatic heterocycles. The first-order valence-corrected chi connectivity index (χ1v) is 16.6. The molecule has 2 heterocycles. The first kappa shape index (κ1) is 31.8. The van der Waals surface area contributed by atoms with Crippen molar-refractivity contribution in [1.82, 2.24) is 19.6 Å². The predicted octanol–water partition coefficient (Wildman–Crippen LogP) is 7.27. The second kappa shape index (κ2) is 13.7. The molecule has 242 valence electrons. The first-order valence-electron chi connectivity index (χ1n) is 16.6. The minimum atomic E-state index is -0.610. The molecule has 6 rings (SSSR count). The van der Waals surface area contributed by atoms with Gasteiger partial charge in [-0.15, -0.1) is 0 Å². The molecule has 0 N–H and O–H groups in total. The number of ether oxygens (including phenoxy) is 2. The number of amides is 2. The Hall–Kier alpha value is -4.17. The van der Waals surface area contributed by atoms with E-state index in [4.69, 9.17) is 14.6 Å². The number of nitrogens with zero attached hydrogens (tertiary/aromatic N) is 4. The number of para-hydroxylation sites is 1. The van der Waals surface area contributed by atoms with Gasteiger partial charge in [0.25, 0.3) is 0 Å². The van der Waals surface area contributed by atoms with Crippen LogP contribution in [0.5, 0.6) is 0 Å². The van der Waals surface area contributed by atoms with Crippen molar-refractivity contribution in [2.45, 2.75) is 77.1 Å². The molecule has 0 bridgehead atoms. The molecule has 1 aliphatic carbocycles. The zero-order valence-corrected chi connectivity index (χ0v) is 27.5. The van der Waals surface area contributed by atoms with Gasteiger partial charge in [-0.2, -0.15) is 5.10 Å². The van der Waals surface area contributed by atoms with Crippen LogP contribution in [-0.2, 0) is 27.4 Å². The Labute approximate surface area is 272 Å². The molecule has 1 saturated carbocycles. The highest BCUT2D eigenvalue weighted by Gasteiger charge is 2.43. The third-order valence-corrected chi connectivity index (χ3v) is 9.05. The summed E-state index contributed by atoms with van der Waals surface area (Å²) in [6.07, 6.45) is 3.15. The maximum Gasteiger partial charge on any atom is 0.410 e. The number of rotatable bonds is 10. The molecule has 4 aromatic rings. The summed E-state index contributed by atoms with van der Waals surface area (Å²) < 4.78 is 13.1. The van der Waals surface area contributed by atoms with E-state index in [2.05, 4.69) is 48.5 Å². The highest BCUT2D eigenvalue weighted by atomic mass is 16.6. The second-order valence-corrected chi connectivity index (χ2v) is 13.7. The van der Waals surface area contributed by atoms with Crippen LogP contribution in [0.15, 0.2) is 78.9 Å². The third kappa shape index (κ3) is 7.28. The van der Waals surface area contributed by atoms with Crippen LogP contribution >= 0.6 is 0 Å². The zero-order valence-electron chi connectivity index (χ0n) is 27.5. The van der Waals surface area contributed by atoms with Crippen molar-refractivity contribution in [2.75, 3.05) is 26.8 Å². The van der Waals surface area contributed by atoms with Crippen molar-refractivity contribution >= 4 is 22.9 Å². The number of likely N-dealkylation sites (tertiary alicyclic amines) is 1. The molecule has 0 radical (unpaired) electrons. The molecule has 0 spiro atoms. The van der Waals surface area contributed by atoms with Gasteiger partial charge in [0.05, 0.1) is 23.7 Å². The number of fused-ring (bicyclic) bond motifs is 1. The van der Waals surface area contributed by atoms with Crippen LogP contribution in [0.25, 0.3) is 22.0 Å². The van der Waals surface area contributed by atoms with Crippen molar-refractivity contribution in [1.29, 1.82) is 0 Å². The molecule has 2 fully saturated rings. The van der Waals surface area contributed by atoms with Crippen LogP contribution in [0.3, 0.4) is 0 Å². The second-order valence-electron chi connectivity index (χ2n) is 13.7. The van der Waals surface area contributed by atoms with E-state index in [1.54, 1.807) is 12.0 Å². The third-order valence-electron chi connectivity index (χ3n) is 9.05. The molecule has 3 aromatic carbocycles. The van der Waals surface area contributed by atoms with Gasteiger partial charge in [0, 0.05) is 44.8 Å². The lowest BCUT2D eigenvalue weighted by atomic mass is 9.79. The van der Waals surface area contributed by atoms with E-state index in [-0.39, 0.29) is 24.0 Å². The number of hydrogen-bond acceptors (Lipinski definition) is 5. The Kier molecular flexibility index (Phi) is 9.45. The van der Waals surface area contributed by atoms with Gasteiger partial charge < -0.3 is 19.3 Å². The maximum atomic E-state index is 14.8. The Morgan fingerprint density at radius 3 is 2.41 bits per heavy atom. The largest absolute Gasteiger partial charge is 0.444 e. The fourth-order valence-corrected chi connectivity index (χ4v) is 6.66. The van der Waals surface area contributed by atoms with Crippen molar-refractivity contribution in [2.24, 2.45) is 5.92 Å². The van der Waals surface area contributed by atoms with E-state index in [9.17, 15) is 9.59 Å². The summed E-state index contributed by atoms with van der Waals surface area (Å²) in [5.41, 5.74) is 4.78. The van der Waals surface area contributed by atoms with Crippen LogP contribution in [0.1, 0.15) is 63.6 Å². The number of carbonyl (C=O) groups excluding carboxylic acids is 2. The molecule has 8 nitrogen and oxygen atoms in total. The van der Waals surface area contributed by atoms with Gasteiger partial charge in [-0.25, -0.2) is 4.79 Å². The van der Waals surface area contributed by atoms with E-state index in [1.165, 1.54) is 0 Å². The van der Waals surface area contributed by atoms with Gasteiger partial charge in [-0.05, 0) is 75.1 Å². The number of hydrogen-bond donors (Lipinski definition) is 0. The van der Waals surface area contributed by atoms with Crippen molar-refractivity contribution in [3.05, 3.63) is 90.1 Å². The standard InChI is InChI=1S/C38H46N4O4/c1-38(2,3)46-37(44)40-22-20-31(29-15-10-14-28(24-29)27-12-6-5-7-13-27)33(25-40)36(43)41(30-18-19-30)26-34-32-16-8-9-17-35(32)42(39-34)21-11-23-45-4/h5-10,12-17,24,30-31,33H,11,18-23,25-26H2,1-4H3/t31-,33+/m1/s1. The summed E-state index contributed by atoms with van der Waals surface area (Å²) in [5.74, 6) is -0.341. The van der Waals surface area contributed by atoms with Crippen LogP contribution in [0.4, 0.5) is 4.79 Å². The maximum absolute atomic E-state index is 14.8. The van der Waals surface area contributed by atoms with E-state index in [0.29, 0.717) is 32.7 Å². The summed E-state index contributed by atoms with van der Waals surface area (Å²) in [5, 5.41) is 6.10. The molecule has 0 unspecified atom stereocenters. The number of piperidine rings is 1. The Balaban J connectivity index is 1.32. The number of benzene rings is 3. The summed E-state index contributed by atoms with van der Waals surface area (Å²) in [4.78, 5) is 31.9. The van der Waals surface area contributed by atoms with Crippen LogP contribution in [-0.4, -0.2) is 70.0 Å². The molecule has 46 heavy (non-hydrogen) atoms. The topological polar surface area (TPSA) is 76.9 Å². The van der Waals surface area contributed by atoms with Gasteiger partial charge in [0.1, 0.15) is 5.60 Å². The van der Waals surface area contributed by atoms with E-state index >= 15 is 0 Å². The average Bonchev–Trinajstić information content (AvgIpc) is 3.85. The quantitative estimate of drug-likeness (QED) is 0.174. The Bertz CT molecular complexity index is 1660. The van der Waals surface area contributed by atoms with Gasteiger partial charge in [0.15, 0.2) is 0 Å². The summed E-state index contributed by atoms with van der Waals surface area (Å²) >= 11 is 0. The lowest BCUT2D eigenvalue weighted by Gasteiger charge is -2.40. The zero-order chi connectivity index (χ0) is 32.3. The fraction of sp³-hybridized carbons (Fsp3) is 0.447. The first-order chi connectivity index (χ1) is 22.2. The smallest absolute Gasteiger partial charge is 0.410 e. The van der Waals surface area contributed by atoms with Gasteiger partial charge in [0.2, 0.25) is 5.91 Å². The van der Waals surface area contributed by atoms with Crippen molar-refractivity contribution in [3.8, 4) is 11.1 Å². The predicted molar refractivity (Wildman–Crippen MR) is 180 cm³/mol. The minimum absolute atomic E-state index is 0.0283. The summed E-state index contributed by atoms with van der Waals surface area (Å²) in [6.45, 7) is 8.36. The molecular weight excluding hydrogens is 576 g/mol. The number of aryl methyl sites for hydroxylation is 1. The molecule has 1 aliphatic heterocycles. The number of methoxy groups -OCH3 is 1. The highest BCUT2D eigenvalue weighted by Crippen LogP contribution is 2.39. The van der Waals surface area contributed by atoms with Crippen molar-refractivity contribution < 1.29 is 19.1 Å². The van der Waals surface area contributed by atoms with Gasteiger partial charge >= 0.3 is 6.09 Å². The van der Waals surface area contributed by atoms with Crippen LogP contribution < -0.4 is 0 Å². The minimum Gasteiger partial charge on any atom is -0.444 e. The lowest BCUT2D eigenvalue weighted by Crippen LogP contribution is -2.51. The summed E-state index contributed by atoms with van der Waals surface area (Å²) in [6, 6.07) is 27.3. The molecule has 2 aliphatic rings. The molecule has 2 atom stereocenters. The summed E-state index contributed by atoms with van der Waals surface area (Å²) in [7, 11) is 1.71. The SMILES string of the molecule is COCCCn1nc(CN(C(=O)[C@H]2CN(C(=O)OC(C)(C)C)CC[C@@H]2c2cccc(-c3ccccc3)c2)C2CC2)c2ccccc21. The van der Waals surface area contributed by atoms with Gasteiger partial charge in [-0.3, -0.25) is 9.48 Å². The van der Waals surface area contributed by atoms with Crippen LogP contribution in [0, 0.1) is 5.92 Å². The van der Waals surface area contributed by atoms with Crippen molar-refractivity contribution in [3.63, 3.8) is 0 Å². The van der Waals surface area contributed by atoms with Crippen LogP contribution in [0.2, 0.25) is 0 Å². The molecule has 2 amide bonds. The monoisotopic (exact) mass is 622 g/mol. The molecular formula is C38H46N4O4. The lowest BCUT2D eigenvalue weighted by molar-refractivity contribution is -0.139. The Morgan fingerprint density at radius 1 is 0.935 bits per heavy atom. The van der Waals surface area contributed by atoms with Gasteiger partial charge in [-0.1, -0.05) is 72.8 Å². The van der Waals surface area contributed by atoms with E-state index < -0.39 is 11.5 Å². The molecule has 8 heteroatoms. The fourth-order valence-electron chi connectivity index (χ4n) is 6.66. The number of aromatic nitrogens is 2. The van der Waals surface area contributed by atoms with E-state index in [0.717, 1.165) is 59.1 Å². The molecule has 1 saturated heterocycles. The van der Waals surface area contributed by atoms with E-state index in [1.807, 2.05) is 60.7 Å². The normalized spacial score (nSPS) is 18.5. The number of carbonyl (C=O) groups is 2.